The molecule has 0 aliphatic carbocycles. The van der Waals surface area contributed by atoms with E-state index in [2.05, 4.69) is 43.1 Å². The van der Waals surface area contributed by atoms with E-state index in [0.29, 0.717) is 5.52 Å². The highest BCUT2D eigenvalue weighted by Crippen LogP contribution is 2.25. The molecule has 1 aromatic heterocycles. The van der Waals surface area contributed by atoms with Crippen molar-refractivity contribution in [1.29, 1.82) is 0 Å². The number of rotatable bonds is 3. The van der Waals surface area contributed by atoms with Crippen LogP contribution >= 0.6 is 0 Å². The molecule has 21 heavy (non-hydrogen) atoms. The van der Waals surface area contributed by atoms with E-state index in [1.165, 1.54) is 11.1 Å². The van der Waals surface area contributed by atoms with Gasteiger partial charge in [0.25, 0.3) is 0 Å². The minimum atomic E-state index is -0.950. The fourth-order valence-electron chi connectivity index (χ4n) is 2.54. The minimum absolute atomic E-state index is 0.0969. The number of aryl methyl sites for hydroxylation is 1. The smallest absolute Gasteiger partial charge is 0.337 e. The van der Waals surface area contributed by atoms with Crippen LogP contribution in [-0.4, -0.2) is 20.6 Å². The Morgan fingerprint density at radius 1 is 1.19 bits per heavy atom. The number of carboxylic acid groups (broad SMARTS) is 1. The molecule has 4 heteroatoms. The Kier molecular flexibility index (Phi) is 3.22. The lowest BCUT2D eigenvalue weighted by molar-refractivity contribution is 0.0699. The van der Waals surface area contributed by atoms with Crippen molar-refractivity contribution in [3.63, 3.8) is 0 Å². The Bertz CT molecular complexity index is 803. The summed E-state index contributed by atoms with van der Waals surface area (Å²) in [5, 5.41) is 9.23. The molecule has 0 saturated carbocycles. The third-order valence-corrected chi connectivity index (χ3v) is 3.81. The van der Waals surface area contributed by atoms with Gasteiger partial charge in [-0.05, 0) is 31.5 Å². The lowest BCUT2D eigenvalue weighted by atomic mass is 10.1. The monoisotopic (exact) mass is 280 g/mol. The third-order valence-electron chi connectivity index (χ3n) is 3.81. The van der Waals surface area contributed by atoms with Crippen LogP contribution in [0.2, 0.25) is 0 Å². The van der Waals surface area contributed by atoms with Gasteiger partial charge in [-0.2, -0.15) is 0 Å². The Balaban J connectivity index is 2.11. The molecule has 1 unspecified atom stereocenters. The largest absolute Gasteiger partial charge is 0.478 e. The molecule has 4 nitrogen and oxygen atoms in total. The fraction of sp³-hybridized carbons (Fsp3) is 0.176. The highest BCUT2D eigenvalue weighted by Gasteiger charge is 2.15. The zero-order chi connectivity index (χ0) is 15.0. The highest BCUT2D eigenvalue weighted by molar-refractivity contribution is 6.00. The molecule has 3 rings (SSSR count). The van der Waals surface area contributed by atoms with Crippen molar-refractivity contribution in [2.45, 2.75) is 19.9 Å². The van der Waals surface area contributed by atoms with Crippen LogP contribution in [0.25, 0.3) is 11.0 Å². The second-order valence-electron chi connectivity index (χ2n) is 5.22. The van der Waals surface area contributed by atoms with Gasteiger partial charge in [-0.15, -0.1) is 0 Å². The zero-order valence-corrected chi connectivity index (χ0v) is 11.9. The fourth-order valence-corrected chi connectivity index (χ4v) is 2.54. The van der Waals surface area contributed by atoms with Crippen LogP contribution in [0.15, 0.2) is 48.8 Å². The maximum Gasteiger partial charge on any atom is 0.337 e. The molecule has 0 radical (unpaired) electrons. The van der Waals surface area contributed by atoms with E-state index in [4.69, 9.17) is 0 Å². The number of hydrogen-bond donors (Lipinski definition) is 1. The van der Waals surface area contributed by atoms with E-state index in [9.17, 15) is 9.90 Å². The Labute approximate surface area is 122 Å². The number of carboxylic acids is 1. The molecular weight excluding hydrogens is 264 g/mol. The second kappa shape index (κ2) is 5.05. The van der Waals surface area contributed by atoms with Gasteiger partial charge in [0.05, 0.1) is 23.4 Å². The van der Waals surface area contributed by atoms with Gasteiger partial charge in [0, 0.05) is 0 Å². The van der Waals surface area contributed by atoms with E-state index in [0.717, 1.165) is 5.52 Å². The van der Waals surface area contributed by atoms with Crippen molar-refractivity contribution >= 4 is 17.0 Å². The predicted octanol–water partition coefficient (Wildman–Crippen LogP) is 3.65. The first-order valence-corrected chi connectivity index (χ1v) is 6.83. The van der Waals surface area contributed by atoms with Crippen molar-refractivity contribution in [3.8, 4) is 0 Å². The summed E-state index contributed by atoms with van der Waals surface area (Å²) in [5.41, 5.74) is 3.99. The first kappa shape index (κ1) is 13.4. The molecule has 106 valence electrons. The molecule has 0 bridgehead atoms. The molecule has 0 spiro atoms. The van der Waals surface area contributed by atoms with E-state index >= 15 is 0 Å². The molecule has 0 aliphatic rings. The lowest BCUT2D eigenvalue weighted by Crippen LogP contribution is -2.05. The van der Waals surface area contributed by atoms with Gasteiger partial charge in [-0.25, -0.2) is 9.78 Å². The van der Waals surface area contributed by atoms with Crippen LogP contribution in [0.5, 0.6) is 0 Å². The van der Waals surface area contributed by atoms with Crippen LogP contribution in [0.3, 0.4) is 0 Å². The molecule has 3 aromatic rings. The number of carbonyl (C=O) groups is 1. The van der Waals surface area contributed by atoms with Crippen molar-refractivity contribution in [1.82, 2.24) is 9.55 Å². The summed E-state index contributed by atoms with van der Waals surface area (Å²) in [6.07, 6.45) is 1.71. The van der Waals surface area contributed by atoms with E-state index in [-0.39, 0.29) is 11.6 Å². The minimum Gasteiger partial charge on any atom is -0.478 e. The van der Waals surface area contributed by atoms with Crippen LogP contribution in [0, 0.1) is 6.92 Å². The van der Waals surface area contributed by atoms with E-state index in [1.54, 1.807) is 18.5 Å². The summed E-state index contributed by atoms with van der Waals surface area (Å²) in [5.74, 6) is -0.950. The molecule has 2 aromatic carbocycles. The van der Waals surface area contributed by atoms with E-state index < -0.39 is 5.97 Å². The van der Waals surface area contributed by atoms with Crippen molar-refractivity contribution in [2.75, 3.05) is 0 Å². The van der Waals surface area contributed by atoms with Crippen LogP contribution in [0.4, 0.5) is 0 Å². The summed E-state index contributed by atoms with van der Waals surface area (Å²) in [6, 6.07) is 13.7. The predicted molar refractivity (Wildman–Crippen MR) is 81.7 cm³/mol. The number of nitrogens with zero attached hydrogens (tertiary/aromatic N) is 2. The van der Waals surface area contributed by atoms with Gasteiger partial charge >= 0.3 is 5.97 Å². The Morgan fingerprint density at radius 2 is 1.90 bits per heavy atom. The molecular formula is C17H16N2O2. The molecule has 0 amide bonds. The zero-order valence-electron chi connectivity index (χ0n) is 11.9. The van der Waals surface area contributed by atoms with E-state index in [1.807, 2.05) is 10.6 Å². The average molecular weight is 280 g/mol. The topological polar surface area (TPSA) is 55.1 Å². The van der Waals surface area contributed by atoms with Gasteiger partial charge in [0.15, 0.2) is 0 Å². The Hall–Kier alpha value is -2.62. The number of fused-ring (bicyclic) bond motifs is 1. The number of imidazole rings is 1. The van der Waals surface area contributed by atoms with Gasteiger partial charge in [0.1, 0.15) is 5.52 Å². The summed E-state index contributed by atoms with van der Waals surface area (Å²) in [4.78, 5) is 15.5. The molecule has 0 saturated heterocycles. The van der Waals surface area contributed by atoms with Gasteiger partial charge < -0.3 is 9.67 Å². The number of hydrogen-bond acceptors (Lipinski definition) is 2. The van der Waals surface area contributed by atoms with Crippen molar-refractivity contribution < 1.29 is 9.90 Å². The highest BCUT2D eigenvalue weighted by atomic mass is 16.4. The summed E-state index contributed by atoms with van der Waals surface area (Å²) in [7, 11) is 0. The second-order valence-corrected chi connectivity index (χ2v) is 5.22. The summed E-state index contributed by atoms with van der Waals surface area (Å²) >= 11 is 0. The lowest BCUT2D eigenvalue weighted by Gasteiger charge is -2.15. The molecule has 0 aliphatic heterocycles. The Morgan fingerprint density at radius 3 is 2.57 bits per heavy atom. The van der Waals surface area contributed by atoms with Crippen LogP contribution in [-0.2, 0) is 0 Å². The maximum absolute atomic E-state index is 11.3. The van der Waals surface area contributed by atoms with Crippen molar-refractivity contribution in [3.05, 3.63) is 65.5 Å². The van der Waals surface area contributed by atoms with Crippen LogP contribution in [0.1, 0.15) is 34.5 Å². The molecule has 1 atom stereocenters. The number of benzene rings is 2. The molecule has 1 heterocycles. The first-order chi connectivity index (χ1) is 10.1. The first-order valence-electron chi connectivity index (χ1n) is 6.83. The maximum atomic E-state index is 11.3. The molecule has 1 N–H and O–H groups in total. The quantitative estimate of drug-likeness (QED) is 0.796. The molecule has 0 fully saturated rings. The SMILES string of the molecule is Cc1ccc(C(C)n2cnc3c(C(=O)O)cccc32)cc1. The summed E-state index contributed by atoms with van der Waals surface area (Å²) < 4.78 is 2.01. The average Bonchev–Trinajstić information content (AvgIpc) is 2.90. The standard InChI is InChI=1S/C17H16N2O2/c1-11-6-8-13(9-7-11)12(2)19-10-18-16-14(17(20)21)4-3-5-15(16)19/h3-10,12H,1-2H3,(H,20,21). The van der Waals surface area contributed by atoms with Gasteiger partial charge in [-0.1, -0.05) is 35.9 Å². The normalized spacial score (nSPS) is 12.5. The van der Waals surface area contributed by atoms with Crippen LogP contribution < -0.4 is 0 Å². The number of para-hydroxylation sites is 1. The van der Waals surface area contributed by atoms with Gasteiger partial charge in [0.2, 0.25) is 0 Å². The van der Waals surface area contributed by atoms with Crippen molar-refractivity contribution in [2.24, 2.45) is 0 Å². The van der Waals surface area contributed by atoms with Gasteiger partial charge in [-0.3, -0.25) is 0 Å². The number of aromatic nitrogens is 2. The third kappa shape index (κ3) is 2.29. The summed E-state index contributed by atoms with van der Waals surface area (Å²) in [6.45, 7) is 4.14. The number of aromatic carboxylic acids is 1.